The molecule has 1 aromatic carbocycles. The predicted molar refractivity (Wildman–Crippen MR) is 214 cm³/mol. The maximum Gasteiger partial charge on any atom is 0.408 e. The maximum atomic E-state index is 13.0. The molecule has 292 valence electrons. The normalized spacial score (nSPS) is 16.6. The molecule has 5 rings (SSSR count). The third-order valence-electron chi connectivity index (χ3n) is 9.37. The molecule has 2 aromatic heterocycles. The molecule has 7 N–H and O–H groups in total. The number of H-pyrrole nitrogens is 1. The number of unbranched alkanes of at least 4 members (excludes halogenated alkanes) is 1. The molecular formula is C38H58ClN9O4S. The summed E-state index contributed by atoms with van der Waals surface area (Å²) in [4.78, 5) is 52.3. The van der Waals surface area contributed by atoms with Gasteiger partial charge in [0.05, 0.1) is 10.9 Å². The van der Waals surface area contributed by atoms with Gasteiger partial charge < -0.3 is 36.3 Å². The molecule has 0 radical (unpaired) electrons. The molecule has 3 amide bonds. The Bertz CT molecular complexity index is 1560. The summed E-state index contributed by atoms with van der Waals surface area (Å²) >= 11 is 7.19. The molecule has 1 aliphatic heterocycles. The van der Waals surface area contributed by atoms with Crippen LogP contribution in [0.4, 0.5) is 10.6 Å². The zero-order valence-corrected chi connectivity index (χ0v) is 33.0. The van der Waals surface area contributed by atoms with Crippen molar-refractivity contribution in [3.63, 3.8) is 0 Å². The minimum absolute atomic E-state index is 0.0941. The number of halogens is 1. The van der Waals surface area contributed by atoms with E-state index in [2.05, 4.69) is 40.5 Å². The number of nitrogens with one attached hydrogen (secondary N) is 5. The van der Waals surface area contributed by atoms with E-state index in [1.807, 2.05) is 63.4 Å². The summed E-state index contributed by atoms with van der Waals surface area (Å²) in [6.07, 6.45) is 11.8. The summed E-state index contributed by atoms with van der Waals surface area (Å²) in [7, 11) is 0. The topological polar surface area (TPSA) is 179 Å². The lowest BCUT2D eigenvalue weighted by Crippen LogP contribution is -2.59. The molecular weight excluding hydrogens is 714 g/mol. The molecule has 3 heterocycles. The standard InChI is InChI=1S/C32H53N9O4S.C6H5Cl/c1-31(2,3)45-30(44)40-25(23-10-5-4-6-11-23)28(42)35-15-7-8-21-46-39-17-9-16-36-29(43)32(33)13-19-41(20-14-32)27-24-12-18-34-26(24)37-22-38-27;7-6-4-2-1-3-5-6/h12,18,22-23,25,39H,4-11,13-17,19-21,33H2,1-3H3,(H,35,42)(H,36,43)(H,40,44)(H,34,37,38);1-5H. The van der Waals surface area contributed by atoms with Crippen molar-refractivity contribution < 1.29 is 19.1 Å². The van der Waals surface area contributed by atoms with Gasteiger partial charge in [0.2, 0.25) is 11.8 Å². The van der Waals surface area contributed by atoms with Gasteiger partial charge in [-0.3, -0.25) is 14.3 Å². The van der Waals surface area contributed by atoms with Crippen LogP contribution < -0.4 is 31.3 Å². The van der Waals surface area contributed by atoms with Gasteiger partial charge in [-0.15, -0.1) is 0 Å². The van der Waals surface area contributed by atoms with Crippen molar-refractivity contribution in [3.8, 4) is 0 Å². The SMILES string of the molecule is CC(C)(C)OC(=O)NC(C(=O)NCCCCSNCCCNC(=O)C1(N)CCN(c2ncnc3[nH]ccc23)CC1)C1CCCCC1.Clc1ccccc1. The number of ether oxygens (including phenoxy) is 1. The Morgan fingerprint density at radius 1 is 1.00 bits per heavy atom. The highest BCUT2D eigenvalue weighted by atomic mass is 35.5. The average molecular weight is 772 g/mol. The first-order valence-electron chi connectivity index (χ1n) is 18.9. The average Bonchev–Trinajstić information content (AvgIpc) is 3.63. The Hall–Kier alpha value is -3.59. The van der Waals surface area contributed by atoms with E-state index in [1.165, 1.54) is 6.42 Å². The minimum atomic E-state index is -0.874. The monoisotopic (exact) mass is 771 g/mol. The second-order valence-corrected chi connectivity index (χ2v) is 16.2. The number of fused-ring (bicyclic) bond motifs is 1. The number of benzene rings is 1. The number of piperidine rings is 1. The number of carbonyl (C=O) groups is 3. The molecule has 1 unspecified atom stereocenters. The highest BCUT2D eigenvalue weighted by Gasteiger charge is 2.38. The summed E-state index contributed by atoms with van der Waals surface area (Å²) in [6.45, 7) is 8.68. The number of nitrogens with two attached hydrogens (primary N) is 1. The van der Waals surface area contributed by atoms with E-state index in [4.69, 9.17) is 22.1 Å². The van der Waals surface area contributed by atoms with Crippen LogP contribution in [0.1, 0.15) is 85.0 Å². The van der Waals surface area contributed by atoms with Gasteiger partial charge in [-0.05, 0) is 89.8 Å². The fourth-order valence-corrected chi connectivity index (χ4v) is 7.40. The number of hydrogen-bond acceptors (Lipinski definition) is 10. The van der Waals surface area contributed by atoms with Gasteiger partial charge in [-0.25, -0.2) is 14.8 Å². The van der Waals surface area contributed by atoms with Gasteiger partial charge in [0, 0.05) is 49.7 Å². The number of amides is 3. The van der Waals surface area contributed by atoms with Crippen LogP contribution in [-0.4, -0.2) is 88.5 Å². The lowest BCUT2D eigenvalue weighted by atomic mass is 9.83. The fourth-order valence-electron chi connectivity index (χ4n) is 6.47. The van der Waals surface area contributed by atoms with Crippen LogP contribution in [-0.2, 0) is 14.3 Å². The van der Waals surface area contributed by atoms with Crippen molar-refractivity contribution in [1.82, 2.24) is 35.6 Å². The quantitative estimate of drug-likeness (QED) is 0.0828. The minimum Gasteiger partial charge on any atom is -0.444 e. The van der Waals surface area contributed by atoms with E-state index in [0.29, 0.717) is 39.0 Å². The maximum absolute atomic E-state index is 13.0. The van der Waals surface area contributed by atoms with Crippen molar-refractivity contribution in [1.29, 1.82) is 0 Å². The predicted octanol–water partition coefficient (Wildman–Crippen LogP) is 5.71. The number of nitrogens with zero attached hydrogens (tertiary/aromatic N) is 3. The van der Waals surface area contributed by atoms with Crippen LogP contribution >= 0.6 is 23.5 Å². The summed E-state index contributed by atoms with van der Waals surface area (Å²) in [6, 6.07) is 10.9. The van der Waals surface area contributed by atoms with Crippen LogP contribution in [0.25, 0.3) is 11.0 Å². The van der Waals surface area contributed by atoms with Crippen LogP contribution in [0.2, 0.25) is 5.02 Å². The van der Waals surface area contributed by atoms with Gasteiger partial charge in [0.25, 0.3) is 0 Å². The van der Waals surface area contributed by atoms with Crippen molar-refractivity contribution >= 4 is 58.3 Å². The zero-order valence-electron chi connectivity index (χ0n) is 31.4. The van der Waals surface area contributed by atoms with E-state index in [0.717, 1.165) is 79.1 Å². The number of anilines is 1. The summed E-state index contributed by atoms with van der Waals surface area (Å²) in [5.74, 6) is 1.70. The Balaban J connectivity index is 0.000000801. The van der Waals surface area contributed by atoms with Crippen LogP contribution in [0, 0.1) is 5.92 Å². The summed E-state index contributed by atoms with van der Waals surface area (Å²) < 4.78 is 8.76. The molecule has 1 atom stereocenters. The molecule has 15 heteroatoms. The zero-order chi connectivity index (χ0) is 38.1. The van der Waals surface area contributed by atoms with Crippen molar-refractivity contribution in [2.45, 2.75) is 102 Å². The van der Waals surface area contributed by atoms with Gasteiger partial charge >= 0.3 is 6.09 Å². The largest absolute Gasteiger partial charge is 0.444 e. The molecule has 13 nitrogen and oxygen atoms in total. The van der Waals surface area contributed by atoms with Crippen molar-refractivity contribution in [2.24, 2.45) is 11.7 Å². The van der Waals surface area contributed by atoms with Crippen molar-refractivity contribution in [3.05, 3.63) is 53.9 Å². The van der Waals surface area contributed by atoms with Crippen LogP contribution in [0.3, 0.4) is 0 Å². The Kier molecular flexibility index (Phi) is 17.0. The Morgan fingerprint density at radius 3 is 2.40 bits per heavy atom. The molecule has 1 saturated heterocycles. The molecule has 2 aliphatic rings. The number of aromatic amines is 1. The van der Waals surface area contributed by atoms with Gasteiger partial charge in [-0.2, -0.15) is 0 Å². The van der Waals surface area contributed by atoms with E-state index in [1.54, 1.807) is 18.3 Å². The highest BCUT2D eigenvalue weighted by molar-refractivity contribution is 7.97. The molecule has 3 aromatic rings. The van der Waals surface area contributed by atoms with E-state index < -0.39 is 23.3 Å². The number of rotatable bonds is 15. The molecule has 2 fully saturated rings. The first-order valence-corrected chi connectivity index (χ1v) is 20.2. The van der Waals surface area contributed by atoms with Gasteiger partial charge in [0.15, 0.2) is 0 Å². The first-order chi connectivity index (χ1) is 25.4. The Morgan fingerprint density at radius 2 is 1.72 bits per heavy atom. The van der Waals surface area contributed by atoms with E-state index >= 15 is 0 Å². The number of carbonyl (C=O) groups excluding carboxylic acids is 3. The summed E-state index contributed by atoms with van der Waals surface area (Å²) in [5, 5.41) is 10.7. The lowest BCUT2D eigenvalue weighted by molar-refractivity contribution is -0.127. The molecule has 0 spiro atoms. The van der Waals surface area contributed by atoms with E-state index in [9.17, 15) is 14.4 Å². The van der Waals surface area contributed by atoms with Gasteiger partial charge in [0.1, 0.15) is 29.4 Å². The third kappa shape index (κ3) is 14.3. The van der Waals surface area contributed by atoms with E-state index in [-0.39, 0.29) is 17.7 Å². The van der Waals surface area contributed by atoms with Crippen molar-refractivity contribution in [2.75, 3.05) is 43.4 Å². The first kappa shape index (κ1) is 42.2. The van der Waals surface area contributed by atoms with Crippen LogP contribution in [0.5, 0.6) is 0 Å². The highest BCUT2D eigenvalue weighted by Crippen LogP contribution is 2.29. The second-order valence-electron chi connectivity index (χ2n) is 14.7. The molecule has 1 saturated carbocycles. The second kappa shape index (κ2) is 21.3. The molecule has 1 aliphatic carbocycles. The lowest BCUT2D eigenvalue weighted by Gasteiger charge is -2.38. The number of alkyl carbamates (subject to hydrolysis) is 1. The number of hydrogen-bond donors (Lipinski definition) is 6. The van der Waals surface area contributed by atoms with Crippen LogP contribution in [0.15, 0.2) is 48.9 Å². The molecule has 53 heavy (non-hydrogen) atoms. The summed E-state index contributed by atoms with van der Waals surface area (Å²) in [5.41, 5.74) is 5.84. The smallest absolute Gasteiger partial charge is 0.408 e. The fraction of sp³-hybridized carbons (Fsp3) is 0.605. The third-order valence-corrected chi connectivity index (χ3v) is 10.5. The molecule has 0 bridgehead atoms. The van der Waals surface area contributed by atoms with Gasteiger partial charge in [-0.1, -0.05) is 61.0 Å². The Labute approximate surface area is 323 Å². The number of aromatic nitrogens is 3.